The number of nitrogens with two attached hydrogens (primary N) is 1. The van der Waals surface area contributed by atoms with Crippen LogP contribution in [0.2, 0.25) is 0 Å². The molecule has 1 aliphatic rings. The summed E-state index contributed by atoms with van der Waals surface area (Å²) < 4.78 is 2.12. The number of benzene rings is 2. The minimum Gasteiger partial charge on any atom is -0.368 e. The average Bonchev–Trinajstić information content (AvgIpc) is 3.06. The van der Waals surface area contributed by atoms with Crippen molar-refractivity contribution in [1.82, 2.24) is 19.7 Å². The molecule has 0 spiro atoms. The fraction of sp³-hybridized carbons (Fsp3) is 0.211. The molecule has 0 fully saturated rings. The number of amides is 1. The number of rotatable bonds is 4. The molecule has 1 aliphatic heterocycles. The van der Waals surface area contributed by atoms with E-state index in [2.05, 4.69) is 19.7 Å². The maximum atomic E-state index is 12.1. The first kappa shape index (κ1) is 15.5. The highest BCUT2D eigenvalue weighted by Crippen LogP contribution is 2.27. The van der Waals surface area contributed by atoms with E-state index in [-0.39, 0.29) is 5.91 Å². The van der Waals surface area contributed by atoms with E-state index in [0.717, 1.165) is 29.3 Å². The minimum absolute atomic E-state index is 0.345. The summed E-state index contributed by atoms with van der Waals surface area (Å²) in [6, 6.07) is 19.2. The Morgan fingerprint density at radius 1 is 0.960 bits per heavy atom. The van der Waals surface area contributed by atoms with Crippen LogP contribution < -0.4 is 5.73 Å². The van der Waals surface area contributed by atoms with Crippen molar-refractivity contribution in [3.63, 3.8) is 0 Å². The number of nitrogens with zero attached hydrogens (tertiary/aromatic N) is 4. The Balaban J connectivity index is 1.63. The maximum Gasteiger partial charge on any atom is 0.239 e. The van der Waals surface area contributed by atoms with Crippen molar-refractivity contribution in [2.24, 2.45) is 5.73 Å². The molecule has 6 heteroatoms. The van der Waals surface area contributed by atoms with Gasteiger partial charge in [0.2, 0.25) is 5.91 Å². The van der Waals surface area contributed by atoms with Crippen LogP contribution in [-0.4, -0.2) is 32.1 Å². The maximum absolute atomic E-state index is 12.1. The summed E-state index contributed by atoms with van der Waals surface area (Å²) in [5.74, 6) is 1.38. The van der Waals surface area contributed by atoms with Crippen molar-refractivity contribution >= 4 is 5.91 Å². The second-order valence-corrected chi connectivity index (χ2v) is 6.14. The summed E-state index contributed by atoms with van der Waals surface area (Å²) >= 11 is 0. The van der Waals surface area contributed by atoms with Gasteiger partial charge in [-0.25, -0.2) is 0 Å². The minimum atomic E-state index is -0.452. The van der Waals surface area contributed by atoms with Gasteiger partial charge in [-0.3, -0.25) is 9.69 Å². The largest absolute Gasteiger partial charge is 0.368 e. The van der Waals surface area contributed by atoms with Gasteiger partial charge in [0.25, 0.3) is 0 Å². The van der Waals surface area contributed by atoms with E-state index in [0.29, 0.717) is 13.1 Å². The molecule has 2 heterocycles. The monoisotopic (exact) mass is 333 g/mol. The van der Waals surface area contributed by atoms with Gasteiger partial charge in [0.1, 0.15) is 11.9 Å². The molecule has 0 unspecified atom stereocenters. The topological polar surface area (TPSA) is 77.0 Å². The summed E-state index contributed by atoms with van der Waals surface area (Å²) in [7, 11) is 0. The van der Waals surface area contributed by atoms with Gasteiger partial charge in [-0.1, -0.05) is 60.7 Å². The molecule has 1 amide bonds. The van der Waals surface area contributed by atoms with E-state index in [4.69, 9.17) is 5.73 Å². The van der Waals surface area contributed by atoms with Gasteiger partial charge in [-0.05, 0) is 5.56 Å². The van der Waals surface area contributed by atoms with Crippen LogP contribution in [-0.2, 0) is 17.9 Å². The van der Waals surface area contributed by atoms with Crippen molar-refractivity contribution in [1.29, 1.82) is 0 Å². The molecule has 3 aromatic rings. The third kappa shape index (κ3) is 2.92. The van der Waals surface area contributed by atoms with Crippen molar-refractivity contribution in [2.45, 2.75) is 19.1 Å². The predicted octanol–water partition coefficient (Wildman–Crippen LogP) is 1.99. The first-order valence-corrected chi connectivity index (χ1v) is 8.30. The molecule has 1 aromatic heterocycles. The van der Waals surface area contributed by atoms with Gasteiger partial charge in [-0.15, -0.1) is 10.2 Å². The van der Waals surface area contributed by atoms with Crippen LogP contribution in [0.3, 0.4) is 0 Å². The molecule has 1 atom stereocenters. The molecule has 0 saturated heterocycles. The van der Waals surface area contributed by atoms with Gasteiger partial charge >= 0.3 is 0 Å². The van der Waals surface area contributed by atoms with Crippen molar-refractivity contribution in [3.05, 3.63) is 72.1 Å². The molecule has 25 heavy (non-hydrogen) atoms. The molecule has 0 radical (unpaired) electrons. The quantitative estimate of drug-likeness (QED) is 0.792. The lowest BCUT2D eigenvalue weighted by Crippen LogP contribution is -2.42. The first-order valence-electron chi connectivity index (χ1n) is 8.30. The third-order valence-corrected chi connectivity index (χ3v) is 4.56. The van der Waals surface area contributed by atoms with E-state index in [9.17, 15) is 4.79 Å². The van der Waals surface area contributed by atoms with Crippen molar-refractivity contribution in [2.75, 3.05) is 6.54 Å². The molecule has 0 bridgehead atoms. The van der Waals surface area contributed by atoms with E-state index in [1.807, 2.05) is 60.7 Å². The summed E-state index contributed by atoms with van der Waals surface area (Å²) in [5.41, 5.74) is 7.65. The summed E-state index contributed by atoms with van der Waals surface area (Å²) in [4.78, 5) is 14.1. The number of hydrogen-bond acceptors (Lipinski definition) is 4. The molecular formula is C19H19N5O. The van der Waals surface area contributed by atoms with Crippen LogP contribution in [0.4, 0.5) is 0 Å². The number of carbonyl (C=O) groups excluding carboxylic acids is 1. The second kappa shape index (κ2) is 6.49. The van der Waals surface area contributed by atoms with E-state index < -0.39 is 6.04 Å². The highest BCUT2D eigenvalue weighted by atomic mass is 16.1. The smallest absolute Gasteiger partial charge is 0.239 e. The third-order valence-electron chi connectivity index (χ3n) is 4.56. The number of aromatic nitrogens is 3. The molecule has 0 saturated carbocycles. The van der Waals surface area contributed by atoms with Crippen LogP contribution >= 0.6 is 0 Å². The van der Waals surface area contributed by atoms with Crippen LogP contribution in [0.25, 0.3) is 11.4 Å². The molecule has 4 rings (SSSR count). The van der Waals surface area contributed by atoms with Crippen LogP contribution in [0, 0.1) is 0 Å². The zero-order chi connectivity index (χ0) is 17.2. The molecule has 2 aromatic carbocycles. The number of carbonyl (C=O) groups is 1. The second-order valence-electron chi connectivity index (χ2n) is 6.14. The molecule has 0 aliphatic carbocycles. The van der Waals surface area contributed by atoms with E-state index >= 15 is 0 Å². The van der Waals surface area contributed by atoms with Gasteiger partial charge in [0.05, 0.1) is 6.54 Å². The van der Waals surface area contributed by atoms with Crippen LogP contribution in [0.1, 0.15) is 17.4 Å². The normalized spacial score (nSPS) is 15.5. The number of hydrogen-bond donors (Lipinski definition) is 1. The number of primary amides is 1. The Bertz CT molecular complexity index is 875. The Kier molecular flexibility index (Phi) is 4.03. The Morgan fingerprint density at radius 3 is 2.32 bits per heavy atom. The van der Waals surface area contributed by atoms with Crippen molar-refractivity contribution < 1.29 is 4.79 Å². The van der Waals surface area contributed by atoms with Gasteiger partial charge < -0.3 is 10.3 Å². The number of fused-ring (bicyclic) bond motifs is 1. The highest BCUT2D eigenvalue weighted by molar-refractivity contribution is 5.81. The Morgan fingerprint density at radius 2 is 1.64 bits per heavy atom. The van der Waals surface area contributed by atoms with Gasteiger partial charge in [0.15, 0.2) is 5.82 Å². The van der Waals surface area contributed by atoms with Gasteiger partial charge in [0, 0.05) is 18.7 Å². The standard InChI is InChI=1S/C19H19N5O/c20-18(25)17(14-7-3-1-4-8-14)23-11-12-24-16(13-23)21-22-19(24)15-9-5-2-6-10-15/h1-10,17H,11-13H2,(H2,20,25)/t17-/m0/s1. The van der Waals surface area contributed by atoms with Crippen LogP contribution in [0.15, 0.2) is 60.7 Å². The average molecular weight is 333 g/mol. The summed E-state index contributed by atoms with van der Waals surface area (Å²) in [6.45, 7) is 1.99. The fourth-order valence-electron chi connectivity index (χ4n) is 3.39. The fourth-order valence-corrected chi connectivity index (χ4v) is 3.39. The molecule has 2 N–H and O–H groups in total. The van der Waals surface area contributed by atoms with Crippen LogP contribution in [0.5, 0.6) is 0 Å². The van der Waals surface area contributed by atoms with Gasteiger partial charge in [-0.2, -0.15) is 0 Å². The first-order chi connectivity index (χ1) is 12.2. The van der Waals surface area contributed by atoms with E-state index in [1.165, 1.54) is 0 Å². The molecule has 126 valence electrons. The predicted molar refractivity (Wildman–Crippen MR) is 94.2 cm³/mol. The summed E-state index contributed by atoms with van der Waals surface area (Å²) in [5, 5.41) is 8.69. The lowest BCUT2D eigenvalue weighted by Gasteiger charge is -2.33. The highest BCUT2D eigenvalue weighted by Gasteiger charge is 2.30. The van der Waals surface area contributed by atoms with Crippen molar-refractivity contribution in [3.8, 4) is 11.4 Å². The zero-order valence-electron chi connectivity index (χ0n) is 13.7. The Hall–Kier alpha value is -2.99. The lowest BCUT2D eigenvalue weighted by molar-refractivity contribution is -0.124. The summed E-state index contributed by atoms with van der Waals surface area (Å²) in [6.07, 6.45) is 0. The lowest BCUT2D eigenvalue weighted by atomic mass is 10.0. The zero-order valence-corrected chi connectivity index (χ0v) is 13.7. The molecule has 6 nitrogen and oxygen atoms in total. The SMILES string of the molecule is NC(=O)[C@H](c1ccccc1)N1CCn2c(nnc2-c2ccccc2)C1. The molecular weight excluding hydrogens is 314 g/mol. The Labute approximate surface area is 145 Å². The van der Waals surface area contributed by atoms with E-state index in [1.54, 1.807) is 0 Å².